The number of hydrogen-bond donors (Lipinski definition) is 0. The summed E-state index contributed by atoms with van der Waals surface area (Å²) in [6.07, 6.45) is 1.76. The van der Waals surface area contributed by atoms with Crippen molar-refractivity contribution < 1.29 is 14.3 Å². The largest absolute Gasteiger partial charge is 0.497 e. The van der Waals surface area contributed by atoms with Gasteiger partial charge in [0.05, 0.1) is 22.8 Å². The van der Waals surface area contributed by atoms with E-state index in [4.69, 9.17) is 9.47 Å². The molecule has 0 saturated heterocycles. The van der Waals surface area contributed by atoms with Crippen molar-refractivity contribution in [1.29, 1.82) is 0 Å². The van der Waals surface area contributed by atoms with Crippen LogP contribution in [0, 0.1) is 0 Å². The number of methoxy groups -OCH3 is 1. The zero-order valence-electron chi connectivity index (χ0n) is 14.1. The Morgan fingerprint density at radius 1 is 0.962 bits per heavy atom. The van der Waals surface area contributed by atoms with Crippen LogP contribution in [-0.4, -0.2) is 19.3 Å². The van der Waals surface area contributed by atoms with Gasteiger partial charge in [-0.05, 0) is 82.2 Å². The quantitative estimate of drug-likeness (QED) is 0.320. The smallest absolute Gasteiger partial charge is 0.343 e. The second kappa shape index (κ2) is 8.45. The molecule has 3 rings (SSSR count). The highest BCUT2D eigenvalue weighted by Gasteiger charge is 2.10. The normalized spacial score (nSPS) is 10.7. The van der Waals surface area contributed by atoms with Gasteiger partial charge in [0.15, 0.2) is 0 Å². The molecule has 130 valence electrons. The number of para-hydroxylation sites is 1. The van der Waals surface area contributed by atoms with E-state index in [0.717, 1.165) is 21.5 Å². The molecular formula is C21H16BrNO3. The lowest BCUT2D eigenvalue weighted by Gasteiger charge is -2.06. The van der Waals surface area contributed by atoms with Crippen LogP contribution >= 0.6 is 15.9 Å². The fraction of sp³-hybridized carbons (Fsp3) is 0.0476. The van der Waals surface area contributed by atoms with Gasteiger partial charge in [-0.2, -0.15) is 0 Å². The van der Waals surface area contributed by atoms with Gasteiger partial charge in [-0.1, -0.05) is 12.1 Å². The molecule has 0 aromatic heterocycles. The maximum absolute atomic E-state index is 12.2. The van der Waals surface area contributed by atoms with Crippen molar-refractivity contribution in [3.63, 3.8) is 0 Å². The SMILES string of the molecule is COc1ccc(C=Nc2ccc(C(=O)Oc3ccccc3Br)cc2)cc1. The molecule has 0 unspecified atom stereocenters. The maximum atomic E-state index is 12.2. The zero-order chi connectivity index (χ0) is 18.4. The Hall–Kier alpha value is -2.92. The third-order valence-corrected chi connectivity index (χ3v) is 4.28. The van der Waals surface area contributed by atoms with Crippen LogP contribution in [0.1, 0.15) is 15.9 Å². The molecule has 0 saturated carbocycles. The van der Waals surface area contributed by atoms with E-state index in [1.165, 1.54) is 0 Å². The van der Waals surface area contributed by atoms with E-state index in [-0.39, 0.29) is 0 Å². The fourth-order valence-electron chi connectivity index (χ4n) is 2.21. The Bertz CT molecular complexity index is 919. The summed E-state index contributed by atoms with van der Waals surface area (Å²) in [6.45, 7) is 0. The number of carbonyl (C=O) groups excluding carboxylic acids is 1. The minimum atomic E-state index is -0.414. The second-order valence-electron chi connectivity index (χ2n) is 5.40. The van der Waals surface area contributed by atoms with Crippen LogP contribution in [0.4, 0.5) is 5.69 Å². The Labute approximate surface area is 160 Å². The average Bonchev–Trinajstić information content (AvgIpc) is 2.69. The summed E-state index contributed by atoms with van der Waals surface area (Å²) in [6, 6.07) is 21.8. The Morgan fingerprint density at radius 3 is 2.31 bits per heavy atom. The Kier molecular flexibility index (Phi) is 5.81. The molecule has 0 aliphatic carbocycles. The van der Waals surface area contributed by atoms with Crippen molar-refractivity contribution in [2.24, 2.45) is 4.99 Å². The molecule has 3 aromatic rings. The van der Waals surface area contributed by atoms with E-state index in [1.807, 2.05) is 42.5 Å². The molecule has 0 bridgehead atoms. The summed E-state index contributed by atoms with van der Waals surface area (Å²) >= 11 is 3.36. The third kappa shape index (κ3) is 4.58. The molecule has 0 N–H and O–H groups in total. The zero-order valence-corrected chi connectivity index (χ0v) is 15.6. The van der Waals surface area contributed by atoms with Gasteiger partial charge in [-0.3, -0.25) is 4.99 Å². The van der Waals surface area contributed by atoms with Gasteiger partial charge in [-0.15, -0.1) is 0 Å². The second-order valence-corrected chi connectivity index (χ2v) is 6.25. The van der Waals surface area contributed by atoms with Crippen LogP contribution in [-0.2, 0) is 0 Å². The summed E-state index contributed by atoms with van der Waals surface area (Å²) in [7, 11) is 1.63. The van der Waals surface area contributed by atoms with Crippen molar-refractivity contribution in [1.82, 2.24) is 0 Å². The number of hydrogen-bond acceptors (Lipinski definition) is 4. The summed E-state index contributed by atoms with van der Waals surface area (Å²) in [5.74, 6) is 0.872. The molecule has 0 amide bonds. The van der Waals surface area contributed by atoms with E-state index >= 15 is 0 Å². The number of benzene rings is 3. The van der Waals surface area contributed by atoms with Gasteiger partial charge in [0, 0.05) is 6.21 Å². The first-order valence-electron chi connectivity index (χ1n) is 7.90. The molecule has 0 aliphatic rings. The molecule has 0 heterocycles. The van der Waals surface area contributed by atoms with E-state index in [9.17, 15) is 4.79 Å². The van der Waals surface area contributed by atoms with Crippen LogP contribution in [0.15, 0.2) is 82.3 Å². The molecule has 0 atom stereocenters. The predicted octanol–water partition coefficient (Wildman–Crippen LogP) is 5.43. The molecule has 0 fully saturated rings. The maximum Gasteiger partial charge on any atom is 0.343 e. The van der Waals surface area contributed by atoms with Gasteiger partial charge < -0.3 is 9.47 Å². The van der Waals surface area contributed by atoms with Crippen molar-refractivity contribution in [2.45, 2.75) is 0 Å². The summed E-state index contributed by atoms with van der Waals surface area (Å²) in [4.78, 5) is 16.6. The number of halogens is 1. The highest BCUT2D eigenvalue weighted by Crippen LogP contribution is 2.25. The Morgan fingerprint density at radius 2 is 1.65 bits per heavy atom. The van der Waals surface area contributed by atoms with Crippen molar-refractivity contribution >= 4 is 33.8 Å². The molecule has 0 radical (unpaired) electrons. The minimum absolute atomic E-state index is 0.414. The Balaban J connectivity index is 1.66. The van der Waals surface area contributed by atoms with Crippen LogP contribution in [0.5, 0.6) is 11.5 Å². The van der Waals surface area contributed by atoms with E-state index in [1.54, 1.807) is 43.7 Å². The van der Waals surface area contributed by atoms with Gasteiger partial charge in [0.25, 0.3) is 0 Å². The lowest BCUT2D eigenvalue weighted by Crippen LogP contribution is -2.08. The van der Waals surface area contributed by atoms with E-state index in [2.05, 4.69) is 20.9 Å². The highest BCUT2D eigenvalue weighted by molar-refractivity contribution is 9.10. The first-order chi connectivity index (χ1) is 12.7. The van der Waals surface area contributed by atoms with Crippen LogP contribution in [0.25, 0.3) is 0 Å². The molecule has 5 heteroatoms. The number of esters is 1. The predicted molar refractivity (Wildman–Crippen MR) is 106 cm³/mol. The van der Waals surface area contributed by atoms with Crippen molar-refractivity contribution in [3.05, 3.63) is 88.4 Å². The van der Waals surface area contributed by atoms with Gasteiger partial charge in [-0.25, -0.2) is 4.79 Å². The van der Waals surface area contributed by atoms with Crippen LogP contribution in [0.2, 0.25) is 0 Å². The van der Waals surface area contributed by atoms with E-state index < -0.39 is 5.97 Å². The van der Waals surface area contributed by atoms with Crippen LogP contribution in [0.3, 0.4) is 0 Å². The molecule has 26 heavy (non-hydrogen) atoms. The first-order valence-corrected chi connectivity index (χ1v) is 8.70. The minimum Gasteiger partial charge on any atom is -0.497 e. The summed E-state index contributed by atoms with van der Waals surface area (Å²) in [5.41, 5.74) is 2.17. The lowest BCUT2D eigenvalue weighted by atomic mass is 10.2. The standard InChI is InChI=1S/C21H16BrNO3/c1-25-18-12-6-15(7-13-18)14-23-17-10-8-16(9-11-17)21(24)26-20-5-3-2-4-19(20)22/h2-14H,1H3. The molecule has 0 aliphatic heterocycles. The third-order valence-electron chi connectivity index (χ3n) is 3.62. The summed E-state index contributed by atoms with van der Waals surface area (Å²) in [5, 5.41) is 0. The van der Waals surface area contributed by atoms with Gasteiger partial charge in [0.1, 0.15) is 11.5 Å². The molecule has 4 nitrogen and oxygen atoms in total. The number of carbonyl (C=O) groups is 1. The molecule has 0 spiro atoms. The number of ether oxygens (including phenoxy) is 2. The van der Waals surface area contributed by atoms with Crippen molar-refractivity contribution in [2.75, 3.05) is 7.11 Å². The topological polar surface area (TPSA) is 47.9 Å². The molecule has 3 aromatic carbocycles. The number of rotatable bonds is 5. The van der Waals surface area contributed by atoms with Gasteiger partial charge >= 0.3 is 5.97 Å². The molecular weight excluding hydrogens is 394 g/mol. The number of nitrogens with zero attached hydrogens (tertiary/aromatic N) is 1. The van der Waals surface area contributed by atoms with E-state index in [0.29, 0.717) is 11.3 Å². The van der Waals surface area contributed by atoms with Gasteiger partial charge in [0.2, 0.25) is 0 Å². The summed E-state index contributed by atoms with van der Waals surface area (Å²) < 4.78 is 11.2. The fourth-order valence-corrected chi connectivity index (χ4v) is 2.57. The van der Waals surface area contributed by atoms with Crippen molar-refractivity contribution in [3.8, 4) is 11.5 Å². The number of aliphatic imine (C=N–C) groups is 1. The monoisotopic (exact) mass is 409 g/mol. The lowest BCUT2D eigenvalue weighted by molar-refractivity contribution is 0.0733. The first kappa shape index (κ1) is 17.9. The highest BCUT2D eigenvalue weighted by atomic mass is 79.9. The van der Waals surface area contributed by atoms with Crippen LogP contribution < -0.4 is 9.47 Å². The average molecular weight is 410 g/mol.